The molecule has 0 saturated carbocycles. The number of pyridine rings is 1. The third kappa shape index (κ3) is 2.48. The van der Waals surface area contributed by atoms with Crippen molar-refractivity contribution in [2.75, 3.05) is 25.0 Å². The van der Waals surface area contributed by atoms with Crippen LogP contribution in [-0.4, -0.2) is 51.0 Å². The van der Waals surface area contributed by atoms with Crippen molar-refractivity contribution in [3.63, 3.8) is 0 Å². The van der Waals surface area contributed by atoms with Gasteiger partial charge in [0.25, 0.3) is 0 Å². The van der Waals surface area contributed by atoms with E-state index in [0.717, 1.165) is 31.7 Å². The number of anilines is 1. The Balaban J connectivity index is 1.56. The van der Waals surface area contributed by atoms with E-state index in [-0.39, 0.29) is 0 Å². The number of likely N-dealkylation sites (tertiary alicyclic amines) is 1. The van der Waals surface area contributed by atoms with Crippen molar-refractivity contribution in [3.05, 3.63) is 47.8 Å². The zero-order chi connectivity index (χ0) is 17.7. The molecule has 2 aliphatic heterocycles. The predicted molar refractivity (Wildman–Crippen MR) is 102 cm³/mol. The molecule has 1 saturated heterocycles. The van der Waals surface area contributed by atoms with E-state index in [1.807, 2.05) is 12.4 Å². The van der Waals surface area contributed by atoms with Gasteiger partial charge >= 0.3 is 0 Å². The van der Waals surface area contributed by atoms with Crippen LogP contribution in [0.4, 0.5) is 5.69 Å². The SMILES string of the molecule is C[C@@H]1Cc2ncnc(C3CCN(C)C3)c2CN1c1ccnc2[nH]ccc12. The van der Waals surface area contributed by atoms with Crippen LogP contribution in [-0.2, 0) is 13.0 Å². The minimum absolute atomic E-state index is 0.400. The van der Waals surface area contributed by atoms with Crippen LogP contribution in [0.2, 0.25) is 0 Å². The Hall–Kier alpha value is -2.47. The summed E-state index contributed by atoms with van der Waals surface area (Å²) in [5.41, 5.74) is 6.02. The molecule has 2 aliphatic rings. The smallest absolute Gasteiger partial charge is 0.139 e. The Morgan fingerprint density at radius 3 is 2.96 bits per heavy atom. The number of fused-ring (bicyclic) bond motifs is 2. The molecule has 0 aliphatic carbocycles. The topological polar surface area (TPSA) is 60.9 Å². The van der Waals surface area contributed by atoms with Gasteiger partial charge in [0.15, 0.2) is 0 Å². The number of H-pyrrole nitrogens is 1. The van der Waals surface area contributed by atoms with Crippen LogP contribution >= 0.6 is 0 Å². The third-order valence-electron chi connectivity index (χ3n) is 5.94. The normalized spacial score (nSPS) is 23.5. The fourth-order valence-electron chi connectivity index (χ4n) is 4.56. The summed E-state index contributed by atoms with van der Waals surface area (Å²) in [7, 11) is 2.20. The van der Waals surface area contributed by atoms with E-state index in [9.17, 15) is 0 Å². The van der Waals surface area contributed by atoms with Crippen LogP contribution in [0.5, 0.6) is 0 Å². The van der Waals surface area contributed by atoms with Crippen LogP contribution < -0.4 is 4.90 Å². The van der Waals surface area contributed by atoms with E-state index in [1.54, 1.807) is 6.33 Å². The maximum atomic E-state index is 4.73. The lowest BCUT2D eigenvalue weighted by atomic mass is 9.92. The highest BCUT2D eigenvalue weighted by molar-refractivity contribution is 5.90. The van der Waals surface area contributed by atoms with Crippen LogP contribution in [0, 0.1) is 0 Å². The standard InChI is InChI=1S/C20H24N6/c1-13-9-17-16(19(24-12-23-17)14-5-8-25(2)10-14)11-26(13)18-4-7-22-20-15(18)3-6-21-20/h3-4,6-7,12-14H,5,8-11H2,1-2H3,(H,21,22)/t13-,14?/m1/s1. The summed E-state index contributed by atoms with van der Waals surface area (Å²) in [4.78, 5) is 21.9. The number of aromatic nitrogens is 4. The summed E-state index contributed by atoms with van der Waals surface area (Å²) in [5.74, 6) is 0.525. The average molecular weight is 348 g/mol. The molecule has 0 radical (unpaired) electrons. The highest BCUT2D eigenvalue weighted by atomic mass is 15.2. The molecule has 0 aromatic carbocycles. The van der Waals surface area contributed by atoms with E-state index < -0.39 is 0 Å². The predicted octanol–water partition coefficient (Wildman–Crippen LogP) is 2.72. The van der Waals surface area contributed by atoms with Crippen molar-refractivity contribution in [2.45, 2.75) is 38.3 Å². The van der Waals surface area contributed by atoms with Gasteiger partial charge in [0.05, 0.1) is 11.4 Å². The first kappa shape index (κ1) is 15.8. The van der Waals surface area contributed by atoms with Crippen molar-refractivity contribution in [2.24, 2.45) is 0 Å². The van der Waals surface area contributed by atoms with Crippen molar-refractivity contribution < 1.29 is 0 Å². The van der Waals surface area contributed by atoms with E-state index in [0.29, 0.717) is 12.0 Å². The largest absolute Gasteiger partial charge is 0.363 e. The van der Waals surface area contributed by atoms with Crippen LogP contribution in [0.15, 0.2) is 30.9 Å². The number of hydrogen-bond acceptors (Lipinski definition) is 5. The summed E-state index contributed by atoms with van der Waals surface area (Å²) >= 11 is 0. The lowest BCUT2D eigenvalue weighted by Gasteiger charge is -2.37. The van der Waals surface area contributed by atoms with Gasteiger partial charge in [-0.15, -0.1) is 0 Å². The summed E-state index contributed by atoms with van der Waals surface area (Å²) < 4.78 is 0. The van der Waals surface area contributed by atoms with E-state index in [1.165, 1.54) is 34.4 Å². The van der Waals surface area contributed by atoms with Gasteiger partial charge in [-0.05, 0) is 39.1 Å². The second-order valence-corrected chi connectivity index (χ2v) is 7.68. The van der Waals surface area contributed by atoms with E-state index in [4.69, 9.17) is 4.98 Å². The second kappa shape index (κ2) is 6.06. The summed E-state index contributed by atoms with van der Waals surface area (Å²) in [6.07, 6.45) is 7.78. The number of aromatic amines is 1. The summed E-state index contributed by atoms with van der Waals surface area (Å²) in [5, 5.41) is 1.18. The number of rotatable bonds is 2. The van der Waals surface area contributed by atoms with Gasteiger partial charge in [-0.1, -0.05) is 0 Å². The Labute approximate surface area is 153 Å². The molecule has 2 atom stereocenters. The van der Waals surface area contributed by atoms with Gasteiger partial charge in [-0.25, -0.2) is 15.0 Å². The van der Waals surface area contributed by atoms with Gasteiger partial charge in [-0.2, -0.15) is 0 Å². The van der Waals surface area contributed by atoms with Crippen molar-refractivity contribution in [3.8, 4) is 0 Å². The number of hydrogen-bond donors (Lipinski definition) is 1. The molecule has 26 heavy (non-hydrogen) atoms. The van der Waals surface area contributed by atoms with Crippen molar-refractivity contribution in [1.82, 2.24) is 24.8 Å². The van der Waals surface area contributed by atoms with E-state index in [2.05, 4.69) is 50.9 Å². The molecule has 0 spiro atoms. The lowest BCUT2D eigenvalue weighted by Crippen LogP contribution is -2.40. The number of likely N-dealkylation sites (N-methyl/N-ethyl adjacent to an activating group) is 1. The molecule has 1 N–H and O–H groups in total. The summed E-state index contributed by atoms with van der Waals surface area (Å²) in [6.45, 7) is 5.40. The zero-order valence-corrected chi connectivity index (χ0v) is 15.3. The zero-order valence-electron chi connectivity index (χ0n) is 15.3. The average Bonchev–Trinajstić information content (AvgIpc) is 3.29. The number of nitrogens with one attached hydrogen (secondary N) is 1. The first-order chi connectivity index (χ1) is 12.7. The molecule has 5 heterocycles. The third-order valence-corrected chi connectivity index (χ3v) is 5.94. The maximum absolute atomic E-state index is 4.73. The molecular weight excluding hydrogens is 324 g/mol. The quantitative estimate of drug-likeness (QED) is 0.772. The van der Waals surface area contributed by atoms with Gasteiger partial charge in [0, 0.05) is 60.5 Å². The first-order valence-corrected chi connectivity index (χ1v) is 9.40. The van der Waals surface area contributed by atoms with Crippen LogP contribution in [0.1, 0.15) is 36.2 Å². The molecule has 3 aromatic heterocycles. The minimum Gasteiger partial charge on any atom is -0.363 e. The highest BCUT2D eigenvalue weighted by Gasteiger charge is 2.31. The lowest BCUT2D eigenvalue weighted by molar-refractivity contribution is 0.410. The van der Waals surface area contributed by atoms with Crippen LogP contribution in [0.25, 0.3) is 11.0 Å². The van der Waals surface area contributed by atoms with Crippen molar-refractivity contribution in [1.29, 1.82) is 0 Å². The molecule has 6 heteroatoms. The second-order valence-electron chi connectivity index (χ2n) is 7.68. The monoisotopic (exact) mass is 348 g/mol. The molecule has 3 aromatic rings. The molecule has 134 valence electrons. The Bertz CT molecular complexity index is 948. The molecular formula is C20H24N6. The molecule has 0 bridgehead atoms. The fourth-order valence-corrected chi connectivity index (χ4v) is 4.56. The Kier molecular flexibility index (Phi) is 3.67. The Morgan fingerprint density at radius 2 is 2.12 bits per heavy atom. The first-order valence-electron chi connectivity index (χ1n) is 9.40. The molecule has 6 nitrogen and oxygen atoms in total. The summed E-state index contributed by atoms with van der Waals surface area (Å²) in [6, 6.07) is 4.65. The van der Waals surface area contributed by atoms with Crippen molar-refractivity contribution >= 4 is 16.7 Å². The van der Waals surface area contributed by atoms with E-state index >= 15 is 0 Å². The minimum atomic E-state index is 0.400. The fraction of sp³-hybridized carbons (Fsp3) is 0.450. The van der Waals surface area contributed by atoms with Gasteiger partial charge in [0.2, 0.25) is 0 Å². The Morgan fingerprint density at radius 1 is 1.19 bits per heavy atom. The van der Waals surface area contributed by atoms with Gasteiger partial charge in [-0.3, -0.25) is 0 Å². The highest BCUT2D eigenvalue weighted by Crippen LogP contribution is 2.36. The molecule has 1 fully saturated rings. The van der Waals surface area contributed by atoms with Crippen LogP contribution in [0.3, 0.4) is 0 Å². The molecule has 0 amide bonds. The molecule has 5 rings (SSSR count). The number of nitrogens with zero attached hydrogens (tertiary/aromatic N) is 5. The molecule has 1 unspecified atom stereocenters. The van der Waals surface area contributed by atoms with Gasteiger partial charge in [0.1, 0.15) is 12.0 Å². The van der Waals surface area contributed by atoms with Gasteiger partial charge < -0.3 is 14.8 Å². The maximum Gasteiger partial charge on any atom is 0.139 e.